The van der Waals surface area contributed by atoms with Crippen LogP contribution in [-0.4, -0.2) is 21.7 Å². The van der Waals surface area contributed by atoms with Gasteiger partial charge in [0.1, 0.15) is 0 Å². The molecule has 2 unspecified atom stereocenters. The fourth-order valence-corrected chi connectivity index (χ4v) is 4.46. The zero-order valence-electron chi connectivity index (χ0n) is 9.17. The Hall–Kier alpha value is 0.310. The molecular weight excluding hydrogens is 192 g/mol. The fraction of sp³-hybridized carbons (Fsp3) is 1.00. The van der Waals surface area contributed by atoms with Crippen LogP contribution >= 0.6 is 11.8 Å². The molecule has 1 nitrogen and oxygen atoms in total. The largest absolute Gasteiger partial charge is 0.388 e. The maximum atomic E-state index is 10.7. The molecule has 1 aliphatic carbocycles. The Balaban J connectivity index is 2.03. The lowest BCUT2D eigenvalue weighted by Crippen LogP contribution is -2.42. The summed E-state index contributed by atoms with van der Waals surface area (Å²) in [6, 6.07) is 0. The predicted octanol–water partition coefficient (Wildman–Crippen LogP) is 3.21. The summed E-state index contributed by atoms with van der Waals surface area (Å²) in [5.74, 6) is 1.75. The minimum atomic E-state index is -0.324. The van der Waals surface area contributed by atoms with E-state index in [9.17, 15) is 5.11 Å². The Morgan fingerprint density at radius 1 is 1.14 bits per heavy atom. The molecule has 2 rings (SSSR count). The first-order valence-electron chi connectivity index (χ1n) is 6.07. The van der Waals surface area contributed by atoms with Gasteiger partial charge in [0.25, 0.3) is 0 Å². The SMILES string of the molecule is CC1SCCC1(O)C1CCCCCC1. The quantitative estimate of drug-likeness (QED) is 0.676. The maximum Gasteiger partial charge on any atom is 0.0798 e. The molecular formula is C12H22OS. The molecule has 1 heterocycles. The Labute approximate surface area is 91.7 Å². The van der Waals surface area contributed by atoms with Crippen LogP contribution in [0.25, 0.3) is 0 Å². The average molecular weight is 214 g/mol. The maximum absolute atomic E-state index is 10.7. The molecule has 1 N–H and O–H groups in total. The van der Waals surface area contributed by atoms with Crippen molar-refractivity contribution in [3.63, 3.8) is 0 Å². The van der Waals surface area contributed by atoms with Gasteiger partial charge in [-0.15, -0.1) is 0 Å². The summed E-state index contributed by atoms with van der Waals surface area (Å²) in [7, 11) is 0. The Morgan fingerprint density at radius 2 is 1.79 bits per heavy atom. The van der Waals surface area contributed by atoms with Crippen LogP contribution in [0.2, 0.25) is 0 Å². The van der Waals surface area contributed by atoms with Crippen LogP contribution in [0.15, 0.2) is 0 Å². The van der Waals surface area contributed by atoms with E-state index in [-0.39, 0.29) is 5.60 Å². The van der Waals surface area contributed by atoms with Gasteiger partial charge in [0, 0.05) is 5.25 Å². The number of hydrogen-bond donors (Lipinski definition) is 1. The van der Waals surface area contributed by atoms with Gasteiger partial charge in [-0.1, -0.05) is 32.6 Å². The molecule has 2 aliphatic rings. The van der Waals surface area contributed by atoms with Crippen molar-refractivity contribution in [1.29, 1.82) is 0 Å². The van der Waals surface area contributed by atoms with E-state index in [0.717, 1.165) is 12.2 Å². The van der Waals surface area contributed by atoms with Crippen LogP contribution in [0.1, 0.15) is 51.9 Å². The standard InChI is InChI=1S/C12H22OS/c1-10-12(13,8-9-14-10)11-6-4-2-3-5-7-11/h10-11,13H,2-9H2,1H3. The zero-order chi connectivity index (χ0) is 10.0. The molecule has 0 bridgehead atoms. The molecule has 1 aliphatic heterocycles. The summed E-state index contributed by atoms with van der Waals surface area (Å²) in [6.45, 7) is 2.21. The van der Waals surface area contributed by atoms with E-state index >= 15 is 0 Å². The average Bonchev–Trinajstić information content (AvgIpc) is 2.47. The molecule has 2 fully saturated rings. The van der Waals surface area contributed by atoms with Crippen molar-refractivity contribution >= 4 is 11.8 Å². The lowest BCUT2D eigenvalue weighted by molar-refractivity contribution is -0.0195. The smallest absolute Gasteiger partial charge is 0.0798 e. The second kappa shape index (κ2) is 4.44. The molecule has 0 spiro atoms. The first-order valence-corrected chi connectivity index (χ1v) is 7.12. The first-order chi connectivity index (χ1) is 6.73. The van der Waals surface area contributed by atoms with Crippen LogP contribution < -0.4 is 0 Å². The summed E-state index contributed by atoms with van der Waals surface area (Å²) < 4.78 is 0. The van der Waals surface area contributed by atoms with Crippen molar-refractivity contribution in [3.8, 4) is 0 Å². The lowest BCUT2D eigenvalue weighted by Gasteiger charge is -2.35. The van der Waals surface area contributed by atoms with Crippen molar-refractivity contribution in [2.75, 3.05) is 5.75 Å². The normalized spacial score (nSPS) is 41.1. The monoisotopic (exact) mass is 214 g/mol. The summed E-state index contributed by atoms with van der Waals surface area (Å²) in [6.07, 6.45) is 9.00. The van der Waals surface area contributed by atoms with E-state index in [4.69, 9.17) is 0 Å². The zero-order valence-corrected chi connectivity index (χ0v) is 9.98. The van der Waals surface area contributed by atoms with Gasteiger partial charge >= 0.3 is 0 Å². The van der Waals surface area contributed by atoms with Crippen molar-refractivity contribution in [3.05, 3.63) is 0 Å². The molecule has 0 radical (unpaired) electrons. The predicted molar refractivity (Wildman–Crippen MR) is 62.7 cm³/mol. The van der Waals surface area contributed by atoms with Gasteiger partial charge in [-0.05, 0) is 30.9 Å². The van der Waals surface area contributed by atoms with Crippen molar-refractivity contribution < 1.29 is 5.11 Å². The van der Waals surface area contributed by atoms with Gasteiger partial charge in [-0.2, -0.15) is 11.8 Å². The number of rotatable bonds is 1. The molecule has 0 aromatic rings. The second-order valence-electron chi connectivity index (χ2n) is 4.94. The van der Waals surface area contributed by atoms with E-state index < -0.39 is 0 Å². The van der Waals surface area contributed by atoms with Crippen LogP contribution in [-0.2, 0) is 0 Å². The summed E-state index contributed by atoms with van der Waals surface area (Å²) in [4.78, 5) is 0. The highest BCUT2D eigenvalue weighted by Crippen LogP contribution is 2.45. The summed E-state index contributed by atoms with van der Waals surface area (Å²) in [5, 5.41) is 11.2. The molecule has 0 aromatic carbocycles. The molecule has 1 saturated heterocycles. The van der Waals surface area contributed by atoms with Crippen molar-refractivity contribution in [1.82, 2.24) is 0 Å². The van der Waals surface area contributed by atoms with Crippen LogP contribution in [0.3, 0.4) is 0 Å². The number of aliphatic hydroxyl groups is 1. The molecule has 0 amide bonds. The third-order valence-electron chi connectivity index (χ3n) is 4.14. The lowest BCUT2D eigenvalue weighted by atomic mass is 9.78. The summed E-state index contributed by atoms with van der Waals surface area (Å²) >= 11 is 1.95. The van der Waals surface area contributed by atoms with Gasteiger partial charge in [-0.25, -0.2) is 0 Å². The van der Waals surface area contributed by atoms with Gasteiger partial charge in [-0.3, -0.25) is 0 Å². The highest BCUT2D eigenvalue weighted by molar-refractivity contribution is 8.00. The molecule has 1 saturated carbocycles. The van der Waals surface area contributed by atoms with Gasteiger partial charge < -0.3 is 5.11 Å². The minimum Gasteiger partial charge on any atom is -0.388 e. The van der Waals surface area contributed by atoms with E-state index in [0.29, 0.717) is 11.2 Å². The van der Waals surface area contributed by atoms with E-state index in [1.54, 1.807) is 0 Å². The third kappa shape index (κ3) is 1.96. The molecule has 2 heteroatoms. The third-order valence-corrected chi connectivity index (χ3v) is 5.48. The Morgan fingerprint density at radius 3 is 2.29 bits per heavy atom. The highest BCUT2D eigenvalue weighted by atomic mass is 32.2. The van der Waals surface area contributed by atoms with Gasteiger partial charge in [0.2, 0.25) is 0 Å². The Kier molecular flexibility index (Phi) is 3.43. The van der Waals surface area contributed by atoms with Crippen LogP contribution in [0.5, 0.6) is 0 Å². The molecule has 2 atom stereocenters. The molecule has 0 aromatic heterocycles. The topological polar surface area (TPSA) is 20.2 Å². The van der Waals surface area contributed by atoms with Crippen molar-refractivity contribution in [2.24, 2.45) is 5.92 Å². The number of hydrogen-bond acceptors (Lipinski definition) is 2. The Bertz CT molecular complexity index is 187. The molecule has 14 heavy (non-hydrogen) atoms. The molecule has 82 valence electrons. The minimum absolute atomic E-state index is 0.324. The fourth-order valence-electron chi connectivity index (χ4n) is 3.06. The van der Waals surface area contributed by atoms with Crippen LogP contribution in [0, 0.1) is 5.92 Å². The second-order valence-corrected chi connectivity index (χ2v) is 6.39. The van der Waals surface area contributed by atoms with Crippen molar-refractivity contribution in [2.45, 2.75) is 62.7 Å². The van der Waals surface area contributed by atoms with E-state index in [2.05, 4.69) is 6.92 Å². The number of thioether (sulfide) groups is 1. The van der Waals surface area contributed by atoms with E-state index in [1.165, 1.54) is 38.5 Å². The van der Waals surface area contributed by atoms with E-state index in [1.807, 2.05) is 11.8 Å². The highest BCUT2D eigenvalue weighted by Gasteiger charge is 2.44. The summed E-state index contributed by atoms with van der Waals surface area (Å²) in [5.41, 5.74) is -0.324. The van der Waals surface area contributed by atoms with Gasteiger partial charge in [0.15, 0.2) is 0 Å². The van der Waals surface area contributed by atoms with Gasteiger partial charge in [0.05, 0.1) is 5.60 Å². The van der Waals surface area contributed by atoms with Crippen LogP contribution in [0.4, 0.5) is 0 Å². The first kappa shape index (κ1) is 10.8.